The summed E-state index contributed by atoms with van der Waals surface area (Å²) in [4.78, 5) is 16.9. The molecule has 0 aliphatic heterocycles. The Kier molecular flexibility index (Phi) is 6.69. The van der Waals surface area contributed by atoms with E-state index in [0.717, 1.165) is 35.0 Å². The van der Waals surface area contributed by atoms with Crippen LogP contribution in [-0.2, 0) is 11.0 Å². The number of hydrogen-bond donors (Lipinski definition) is 1. The molecule has 0 fully saturated rings. The van der Waals surface area contributed by atoms with Gasteiger partial charge in [-0.05, 0) is 18.2 Å². The lowest BCUT2D eigenvalue weighted by Gasteiger charge is -2.10. The summed E-state index contributed by atoms with van der Waals surface area (Å²) in [6, 6.07) is 23.5. The first-order valence-corrected chi connectivity index (χ1v) is 10.8. The maximum atomic E-state index is 12.9. The third-order valence-corrected chi connectivity index (χ3v) is 5.41. The predicted octanol–water partition coefficient (Wildman–Crippen LogP) is 5.96. The molecule has 1 N–H and O–H groups in total. The number of halogens is 3. The second-order valence-electron chi connectivity index (χ2n) is 6.94. The molecule has 9 heteroatoms. The highest BCUT2D eigenvalue weighted by Crippen LogP contribution is 2.31. The van der Waals surface area contributed by atoms with Crippen LogP contribution in [0.1, 0.15) is 5.56 Å². The molecule has 0 atom stereocenters. The molecule has 4 aromatic rings. The maximum Gasteiger partial charge on any atom is 0.416 e. The maximum absolute atomic E-state index is 12.9. The number of aromatic nitrogens is 3. The third kappa shape index (κ3) is 5.75. The molecule has 5 nitrogen and oxygen atoms in total. The number of benzene rings is 3. The van der Waals surface area contributed by atoms with Crippen molar-refractivity contribution in [1.82, 2.24) is 15.2 Å². The number of nitrogens with one attached hydrogen (secondary N) is 1. The molecule has 0 saturated carbocycles. The molecule has 3 aromatic carbocycles. The number of rotatable bonds is 6. The molecule has 33 heavy (non-hydrogen) atoms. The summed E-state index contributed by atoms with van der Waals surface area (Å²) in [5, 5.41) is 11.2. The van der Waals surface area contributed by atoms with Gasteiger partial charge in [-0.2, -0.15) is 13.2 Å². The van der Waals surface area contributed by atoms with E-state index >= 15 is 0 Å². The van der Waals surface area contributed by atoms with E-state index < -0.39 is 17.6 Å². The Morgan fingerprint density at radius 3 is 2.09 bits per heavy atom. The molecule has 1 aromatic heterocycles. The zero-order valence-electron chi connectivity index (χ0n) is 17.1. The number of hydrogen-bond acceptors (Lipinski definition) is 5. The van der Waals surface area contributed by atoms with Crippen molar-refractivity contribution in [3.63, 3.8) is 0 Å². The first-order valence-electron chi connectivity index (χ1n) is 9.85. The molecular weight excluding hydrogens is 449 g/mol. The molecular formula is C24H17F3N4OS. The lowest BCUT2D eigenvalue weighted by molar-refractivity contribution is -0.137. The van der Waals surface area contributed by atoms with E-state index in [1.807, 2.05) is 60.7 Å². The van der Waals surface area contributed by atoms with Crippen LogP contribution >= 0.6 is 11.8 Å². The fourth-order valence-corrected chi connectivity index (χ4v) is 3.65. The fourth-order valence-electron chi connectivity index (χ4n) is 3.06. The van der Waals surface area contributed by atoms with Gasteiger partial charge < -0.3 is 5.32 Å². The standard InChI is InChI=1S/C24H17F3N4OS/c25-24(26,27)18-12-7-13-19(14-18)28-20(32)15-33-23-29-21(16-8-3-1-4-9-16)22(30-31-23)17-10-5-2-6-11-17/h1-14H,15H2,(H,28,32). The van der Waals surface area contributed by atoms with Gasteiger partial charge in [0.1, 0.15) is 11.4 Å². The molecule has 1 amide bonds. The Morgan fingerprint density at radius 1 is 0.818 bits per heavy atom. The summed E-state index contributed by atoms with van der Waals surface area (Å²) < 4.78 is 38.6. The van der Waals surface area contributed by atoms with Crippen LogP contribution in [0.2, 0.25) is 0 Å². The number of alkyl halides is 3. The van der Waals surface area contributed by atoms with Crippen LogP contribution in [0.5, 0.6) is 0 Å². The summed E-state index contributed by atoms with van der Waals surface area (Å²) in [6.07, 6.45) is -4.48. The van der Waals surface area contributed by atoms with Gasteiger partial charge in [-0.3, -0.25) is 4.79 Å². The van der Waals surface area contributed by atoms with Gasteiger partial charge in [0.15, 0.2) is 0 Å². The van der Waals surface area contributed by atoms with E-state index in [1.54, 1.807) is 0 Å². The summed E-state index contributed by atoms with van der Waals surface area (Å²) in [7, 11) is 0. The molecule has 0 bridgehead atoms. The zero-order valence-corrected chi connectivity index (χ0v) is 17.9. The lowest BCUT2D eigenvalue weighted by atomic mass is 10.0. The SMILES string of the molecule is O=C(CSc1nnc(-c2ccccc2)c(-c2ccccc2)n1)Nc1cccc(C(F)(F)F)c1. The Balaban J connectivity index is 1.51. The summed E-state index contributed by atoms with van der Waals surface area (Å²) in [6.45, 7) is 0. The Bertz CT molecular complexity index is 1250. The minimum atomic E-state index is -4.48. The molecule has 0 saturated heterocycles. The second kappa shape index (κ2) is 9.83. The van der Waals surface area contributed by atoms with Crippen LogP contribution in [0.3, 0.4) is 0 Å². The van der Waals surface area contributed by atoms with Gasteiger partial charge in [0, 0.05) is 16.8 Å². The molecule has 0 aliphatic rings. The third-order valence-electron chi connectivity index (χ3n) is 4.57. The minimum absolute atomic E-state index is 0.0684. The van der Waals surface area contributed by atoms with Crippen molar-refractivity contribution in [3.8, 4) is 22.5 Å². The van der Waals surface area contributed by atoms with E-state index in [-0.39, 0.29) is 16.6 Å². The highest BCUT2D eigenvalue weighted by atomic mass is 32.2. The molecule has 0 spiro atoms. The van der Waals surface area contributed by atoms with Gasteiger partial charge in [-0.1, -0.05) is 78.5 Å². The molecule has 0 unspecified atom stereocenters. The van der Waals surface area contributed by atoms with Crippen LogP contribution in [0.25, 0.3) is 22.5 Å². The van der Waals surface area contributed by atoms with Crippen molar-refractivity contribution < 1.29 is 18.0 Å². The molecule has 0 radical (unpaired) electrons. The van der Waals surface area contributed by atoms with E-state index in [0.29, 0.717) is 11.4 Å². The Labute approximate surface area is 192 Å². The lowest BCUT2D eigenvalue weighted by Crippen LogP contribution is -2.15. The van der Waals surface area contributed by atoms with Gasteiger partial charge in [0.2, 0.25) is 11.1 Å². The second-order valence-corrected chi connectivity index (χ2v) is 7.88. The zero-order chi connectivity index (χ0) is 23.3. The highest BCUT2D eigenvalue weighted by Gasteiger charge is 2.30. The van der Waals surface area contributed by atoms with Crippen molar-refractivity contribution >= 4 is 23.4 Å². The number of nitrogens with zero attached hydrogens (tertiary/aromatic N) is 3. The molecule has 1 heterocycles. The van der Waals surface area contributed by atoms with E-state index in [1.165, 1.54) is 12.1 Å². The van der Waals surface area contributed by atoms with Crippen molar-refractivity contribution in [1.29, 1.82) is 0 Å². The molecule has 4 rings (SSSR count). The number of thioether (sulfide) groups is 1. The number of carbonyl (C=O) groups is 1. The van der Waals surface area contributed by atoms with Crippen LogP contribution in [-0.4, -0.2) is 26.8 Å². The van der Waals surface area contributed by atoms with Crippen LogP contribution in [0.15, 0.2) is 90.1 Å². The average molecular weight is 466 g/mol. The minimum Gasteiger partial charge on any atom is -0.325 e. The Morgan fingerprint density at radius 2 is 1.45 bits per heavy atom. The van der Waals surface area contributed by atoms with Crippen LogP contribution in [0.4, 0.5) is 18.9 Å². The van der Waals surface area contributed by atoms with Gasteiger partial charge >= 0.3 is 6.18 Å². The van der Waals surface area contributed by atoms with Gasteiger partial charge in [-0.15, -0.1) is 10.2 Å². The number of anilines is 1. The van der Waals surface area contributed by atoms with Crippen LogP contribution < -0.4 is 5.32 Å². The first-order chi connectivity index (χ1) is 15.9. The Hall–Kier alpha value is -3.72. The molecule has 166 valence electrons. The summed E-state index contributed by atoms with van der Waals surface area (Å²) >= 11 is 1.05. The fraction of sp³-hybridized carbons (Fsp3) is 0.0833. The van der Waals surface area contributed by atoms with Gasteiger partial charge in [0.05, 0.1) is 11.3 Å². The van der Waals surface area contributed by atoms with E-state index in [2.05, 4.69) is 20.5 Å². The molecule has 0 aliphatic carbocycles. The van der Waals surface area contributed by atoms with Crippen molar-refractivity contribution in [3.05, 3.63) is 90.5 Å². The largest absolute Gasteiger partial charge is 0.416 e. The average Bonchev–Trinajstić information content (AvgIpc) is 2.83. The normalized spacial score (nSPS) is 11.2. The van der Waals surface area contributed by atoms with Crippen LogP contribution in [0, 0.1) is 0 Å². The predicted molar refractivity (Wildman–Crippen MR) is 121 cm³/mol. The number of amides is 1. The van der Waals surface area contributed by atoms with E-state index in [9.17, 15) is 18.0 Å². The smallest absolute Gasteiger partial charge is 0.325 e. The van der Waals surface area contributed by atoms with Crippen molar-refractivity contribution in [2.24, 2.45) is 0 Å². The van der Waals surface area contributed by atoms with Crippen molar-refractivity contribution in [2.75, 3.05) is 11.1 Å². The topological polar surface area (TPSA) is 67.8 Å². The van der Waals surface area contributed by atoms with Crippen molar-refractivity contribution in [2.45, 2.75) is 11.3 Å². The summed E-state index contributed by atoms with van der Waals surface area (Å²) in [5.41, 5.74) is 2.18. The van der Waals surface area contributed by atoms with Gasteiger partial charge in [0.25, 0.3) is 0 Å². The monoisotopic (exact) mass is 466 g/mol. The first kappa shape index (κ1) is 22.5. The highest BCUT2D eigenvalue weighted by molar-refractivity contribution is 7.99. The number of carbonyl (C=O) groups excluding carboxylic acids is 1. The quantitative estimate of drug-likeness (QED) is 0.356. The summed E-state index contributed by atoms with van der Waals surface area (Å²) in [5.74, 6) is -0.562. The van der Waals surface area contributed by atoms with E-state index in [4.69, 9.17) is 0 Å². The van der Waals surface area contributed by atoms with Gasteiger partial charge in [-0.25, -0.2) is 4.98 Å².